The van der Waals surface area contributed by atoms with Gasteiger partial charge in [0.2, 0.25) is 0 Å². The average Bonchev–Trinajstić information content (AvgIpc) is 3.07. The minimum atomic E-state index is -0.134. The van der Waals surface area contributed by atoms with Gasteiger partial charge in [-0.25, -0.2) is 4.68 Å². The Morgan fingerprint density at radius 2 is 1.83 bits per heavy atom. The molecule has 0 bridgehead atoms. The molecule has 1 amide bonds. The molecule has 6 nitrogen and oxygen atoms in total. The summed E-state index contributed by atoms with van der Waals surface area (Å²) in [5, 5.41) is 7.46. The van der Waals surface area contributed by atoms with E-state index in [0.29, 0.717) is 30.2 Å². The van der Waals surface area contributed by atoms with E-state index in [-0.39, 0.29) is 5.91 Å². The van der Waals surface area contributed by atoms with Gasteiger partial charge in [-0.1, -0.05) is 12.1 Å². The lowest BCUT2D eigenvalue weighted by Crippen LogP contribution is -2.25. The van der Waals surface area contributed by atoms with Gasteiger partial charge in [0.05, 0.1) is 25.1 Å². The molecule has 6 heteroatoms. The van der Waals surface area contributed by atoms with E-state index in [9.17, 15) is 4.79 Å². The Balaban J connectivity index is 1.57. The fourth-order valence-electron chi connectivity index (χ4n) is 3.20. The summed E-state index contributed by atoms with van der Waals surface area (Å²) in [4.78, 5) is 12.4. The third-order valence-electron chi connectivity index (χ3n) is 4.62. The van der Waals surface area contributed by atoms with E-state index in [0.717, 1.165) is 29.1 Å². The summed E-state index contributed by atoms with van der Waals surface area (Å²) in [5.41, 5.74) is 4.84. The third kappa shape index (κ3) is 4.96. The number of hydrogen-bond donors (Lipinski definition) is 1. The lowest BCUT2D eigenvalue weighted by Gasteiger charge is -2.11. The number of nitrogens with zero attached hydrogens (tertiary/aromatic N) is 2. The summed E-state index contributed by atoms with van der Waals surface area (Å²) < 4.78 is 12.7. The standard InChI is InChI=1S/C23H27N3O3/c1-5-29-21-11-8-19(15-22(21)28-4)23(27)24-13-12-18-6-9-20(10-7-18)26-17(3)14-16(2)25-26/h6-11,14-15H,5,12-13H2,1-4H3,(H,24,27). The number of hydrogen-bond acceptors (Lipinski definition) is 4. The van der Waals surface area contributed by atoms with Crippen LogP contribution < -0.4 is 14.8 Å². The van der Waals surface area contributed by atoms with Gasteiger partial charge in [-0.3, -0.25) is 4.79 Å². The molecular weight excluding hydrogens is 366 g/mol. The minimum Gasteiger partial charge on any atom is -0.493 e. The van der Waals surface area contributed by atoms with Gasteiger partial charge in [-0.15, -0.1) is 0 Å². The quantitative estimate of drug-likeness (QED) is 0.631. The molecule has 0 unspecified atom stereocenters. The number of methoxy groups -OCH3 is 1. The highest BCUT2D eigenvalue weighted by Gasteiger charge is 2.11. The van der Waals surface area contributed by atoms with Crippen LogP contribution in [-0.2, 0) is 6.42 Å². The van der Waals surface area contributed by atoms with Crippen molar-refractivity contribution >= 4 is 5.91 Å². The molecule has 1 heterocycles. The van der Waals surface area contributed by atoms with Crippen molar-refractivity contribution in [1.29, 1.82) is 0 Å². The number of rotatable bonds is 8. The predicted octanol–water partition coefficient (Wildman–Crippen LogP) is 3.87. The fraction of sp³-hybridized carbons (Fsp3) is 0.304. The topological polar surface area (TPSA) is 65.4 Å². The molecule has 0 saturated heterocycles. The molecule has 0 saturated carbocycles. The predicted molar refractivity (Wildman–Crippen MR) is 113 cm³/mol. The van der Waals surface area contributed by atoms with E-state index in [4.69, 9.17) is 9.47 Å². The highest BCUT2D eigenvalue weighted by atomic mass is 16.5. The number of amides is 1. The fourth-order valence-corrected chi connectivity index (χ4v) is 3.20. The first-order chi connectivity index (χ1) is 14.0. The maximum absolute atomic E-state index is 12.4. The zero-order chi connectivity index (χ0) is 20.8. The number of aromatic nitrogens is 2. The van der Waals surface area contributed by atoms with Crippen molar-refractivity contribution in [3.63, 3.8) is 0 Å². The number of aryl methyl sites for hydroxylation is 2. The van der Waals surface area contributed by atoms with Crippen LogP contribution in [0.15, 0.2) is 48.5 Å². The Labute approximate surface area is 171 Å². The van der Waals surface area contributed by atoms with Crippen LogP contribution in [0.3, 0.4) is 0 Å². The van der Waals surface area contributed by atoms with Gasteiger partial charge < -0.3 is 14.8 Å². The van der Waals surface area contributed by atoms with Gasteiger partial charge in [-0.2, -0.15) is 5.10 Å². The molecule has 1 N–H and O–H groups in total. The van der Waals surface area contributed by atoms with Gasteiger partial charge in [0.25, 0.3) is 5.91 Å². The lowest BCUT2D eigenvalue weighted by molar-refractivity contribution is 0.0953. The van der Waals surface area contributed by atoms with E-state index >= 15 is 0 Å². The Kier molecular flexibility index (Phi) is 6.54. The summed E-state index contributed by atoms with van der Waals surface area (Å²) in [6.45, 7) is 7.03. The molecule has 1 aromatic heterocycles. The van der Waals surface area contributed by atoms with Gasteiger partial charge in [-0.05, 0) is 69.2 Å². The number of carbonyl (C=O) groups excluding carboxylic acids is 1. The van der Waals surface area contributed by atoms with Crippen molar-refractivity contribution < 1.29 is 14.3 Å². The minimum absolute atomic E-state index is 0.134. The smallest absolute Gasteiger partial charge is 0.251 e. The third-order valence-corrected chi connectivity index (χ3v) is 4.62. The van der Waals surface area contributed by atoms with Crippen LogP contribution in [0.5, 0.6) is 11.5 Å². The highest BCUT2D eigenvalue weighted by molar-refractivity contribution is 5.94. The van der Waals surface area contributed by atoms with Crippen LogP contribution in [0.1, 0.15) is 34.2 Å². The van der Waals surface area contributed by atoms with Crippen LogP contribution in [0.4, 0.5) is 0 Å². The van der Waals surface area contributed by atoms with E-state index < -0.39 is 0 Å². The van der Waals surface area contributed by atoms with Gasteiger partial charge in [0.15, 0.2) is 11.5 Å². The van der Waals surface area contributed by atoms with E-state index in [1.165, 1.54) is 0 Å². The molecule has 2 aromatic carbocycles. The van der Waals surface area contributed by atoms with Crippen molar-refractivity contribution in [1.82, 2.24) is 15.1 Å². The SMILES string of the molecule is CCOc1ccc(C(=O)NCCc2ccc(-n3nc(C)cc3C)cc2)cc1OC. The lowest BCUT2D eigenvalue weighted by atomic mass is 10.1. The molecule has 0 aliphatic heterocycles. The van der Waals surface area contributed by atoms with Crippen molar-refractivity contribution in [3.05, 3.63) is 71.0 Å². The van der Waals surface area contributed by atoms with Crippen LogP contribution >= 0.6 is 0 Å². The molecule has 29 heavy (non-hydrogen) atoms. The molecule has 3 rings (SSSR count). The molecule has 0 radical (unpaired) electrons. The summed E-state index contributed by atoms with van der Waals surface area (Å²) >= 11 is 0. The number of nitrogens with one attached hydrogen (secondary N) is 1. The van der Waals surface area contributed by atoms with Crippen LogP contribution in [0.25, 0.3) is 5.69 Å². The number of ether oxygens (including phenoxy) is 2. The first-order valence-corrected chi connectivity index (χ1v) is 9.73. The van der Waals surface area contributed by atoms with Crippen LogP contribution in [0, 0.1) is 13.8 Å². The maximum atomic E-state index is 12.4. The number of carbonyl (C=O) groups is 1. The molecule has 152 valence electrons. The van der Waals surface area contributed by atoms with E-state index in [2.05, 4.69) is 28.6 Å². The van der Waals surface area contributed by atoms with Crippen molar-refractivity contribution in [2.45, 2.75) is 27.2 Å². The Bertz CT molecular complexity index is 978. The molecule has 0 spiro atoms. The molecule has 0 aliphatic carbocycles. The zero-order valence-electron chi connectivity index (χ0n) is 17.4. The summed E-state index contributed by atoms with van der Waals surface area (Å²) in [5.74, 6) is 1.05. The molecule has 0 fully saturated rings. The first-order valence-electron chi connectivity index (χ1n) is 9.73. The van der Waals surface area contributed by atoms with Crippen molar-refractivity contribution in [2.75, 3.05) is 20.3 Å². The summed E-state index contributed by atoms with van der Waals surface area (Å²) in [6, 6.07) is 15.5. The largest absolute Gasteiger partial charge is 0.493 e. The Hall–Kier alpha value is -3.28. The summed E-state index contributed by atoms with van der Waals surface area (Å²) in [7, 11) is 1.56. The Morgan fingerprint density at radius 1 is 1.07 bits per heavy atom. The molecular formula is C23H27N3O3. The van der Waals surface area contributed by atoms with Crippen LogP contribution in [0.2, 0.25) is 0 Å². The molecule has 0 aliphatic rings. The van der Waals surface area contributed by atoms with Crippen LogP contribution in [-0.4, -0.2) is 35.9 Å². The van der Waals surface area contributed by atoms with E-state index in [1.807, 2.05) is 37.6 Å². The number of benzene rings is 2. The zero-order valence-corrected chi connectivity index (χ0v) is 17.4. The van der Waals surface area contributed by atoms with Gasteiger partial charge in [0, 0.05) is 17.8 Å². The molecule has 3 aromatic rings. The van der Waals surface area contributed by atoms with Gasteiger partial charge >= 0.3 is 0 Å². The van der Waals surface area contributed by atoms with Gasteiger partial charge in [0.1, 0.15) is 0 Å². The van der Waals surface area contributed by atoms with Crippen molar-refractivity contribution in [2.24, 2.45) is 0 Å². The van der Waals surface area contributed by atoms with Crippen molar-refractivity contribution in [3.8, 4) is 17.2 Å². The molecule has 0 atom stereocenters. The Morgan fingerprint density at radius 3 is 2.45 bits per heavy atom. The van der Waals surface area contributed by atoms with E-state index in [1.54, 1.807) is 25.3 Å². The monoisotopic (exact) mass is 393 g/mol. The normalized spacial score (nSPS) is 10.6. The first kappa shape index (κ1) is 20.5. The second kappa shape index (κ2) is 9.28. The second-order valence-corrected chi connectivity index (χ2v) is 6.81. The summed E-state index contributed by atoms with van der Waals surface area (Å²) in [6.07, 6.45) is 0.747. The second-order valence-electron chi connectivity index (χ2n) is 6.81. The average molecular weight is 393 g/mol. The maximum Gasteiger partial charge on any atom is 0.251 e. The highest BCUT2D eigenvalue weighted by Crippen LogP contribution is 2.28.